The quantitative estimate of drug-likeness (QED) is 0.200. The van der Waals surface area contributed by atoms with Gasteiger partial charge < -0.3 is 59.4 Å². The number of phenolic OH excluding ortho intramolecular Hbond substituents is 1. The fourth-order valence-electron chi connectivity index (χ4n) is 3.34. The van der Waals surface area contributed by atoms with Crippen molar-refractivity contribution >= 4 is 5.97 Å². The van der Waals surface area contributed by atoms with E-state index in [1.165, 1.54) is 25.3 Å². The highest BCUT2D eigenvalue weighted by Gasteiger charge is 2.53. The summed E-state index contributed by atoms with van der Waals surface area (Å²) in [5, 5.41) is 69.3. The standard InChI is InChI=1S/C19H26O13/c1-28-10-4-8(2-3-9(10)22)16(26)32-17-14(13(24)12(23)11(5-20)30-17)31-18-15(25)19(27,6-21)7-29-18/h2-4,11-15,17-18,20-25,27H,5-7H2,1H3. The lowest BCUT2D eigenvalue weighted by Gasteiger charge is -2.42. The van der Waals surface area contributed by atoms with Crippen molar-refractivity contribution in [2.45, 2.75) is 48.7 Å². The van der Waals surface area contributed by atoms with Crippen LogP contribution in [0.25, 0.3) is 0 Å². The molecule has 180 valence electrons. The van der Waals surface area contributed by atoms with Gasteiger partial charge in [0.25, 0.3) is 0 Å². The van der Waals surface area contributed by atoms with Crippen molar-refractivity contribution < 1.29 is 64.2 Å². The Balaban J connectivity index is 1.81. The smallest absolute Gasteiger partial charge is 0.340 e. The van der Waals surface area contributed by atoms with Crippen LogP contribution in [0.1, 0.15) is 10.4 Å². The molecule has 0 bridgehead atoms. The Labute approximate surface area is 181 Å². The molecular formula is C19H26O13. The molecule has 1 aromatic carbocycles. The van der Waals surface area contributed by atoms with E-state index in [-0.39, 0.29) is 17.1 Å². The van der Waals surface area contributed by atoms with Crippen molar-refractivity contribution in [3.8, 4) is 11.5 Å². The number of aromatic hydroxyl groups is 1. The normalized spacial score (nSPS) is 37.3. The second kappa shape index (κ2) is 9.82. The molecule has 1 aromatic rings. The van der Waals surface area contributed by atoms with Gasteiger partial charge in [-0.2, -0.15) is 0 Å². The number of aliphatic hydroxyl groups is 6. The van der Waals surface area contributed by atoms with Crippen LogP contribution in [0.5, 0.6) is 11.5 Å². The van der Waals surface area contributed by atoms with Crippen LogP contribution in [0.15, 0.2) is 18.2 Å². The van der Waals surface area contributed by atoms with Gasteiger partial charge in [0, 0.05) is 0 Å². The number of hydrogen-bond donors (Lipinski definition) is 7. The van der Waals surface area contributed by atoms with E-state index < -0.39 is 74.5 Å². The van der Waals surface area contributed by atoms with Crippen molar-refractivity contribution in [1.29, 1.82) is 0 Å². The Morgan fingerprint density at radius 2 is 1.91 bits per heavy atom. The van der Waals surface area contributed by atoms with Gasteiger partial charge >= 0.3 is 5.97 Å². The molecule has 0 amide bonds. The first-order valence-electron chi connectivity index (χ1n) is 9.64. The topological polar surface area (TPSA) is 205 Å². The van der Waals surface area contributed by atoms with Gasteiger partial charge in [0.05, 0.1) is 32.5 Å². The number of ether oxygens (including phenoxy) is 5. The molecule has 32 heavy (non-hydrogen) atoms. The van der Waals surface area contributed by atoms with E-state index in [0.29, 0.717) is 0 Å². The minimum absolute atomic E-state index is 0.00808. The Bertz CT molecular complexity index is 803. The Kier molecular flexibility index (Phi) is 7.54. The number of esters is 1. The molecule has 2 aliphatic heterocycles. The lowest BCUT2D eigenvalue weighted by atomic mass is 9.98. The minimum Gasteiger partial charge on any atom is -0.504 e. The predicted octanol–water partition coefficient (Wildman–Crippen LogP) is -3.18. The molecule has 2 fully saturated rings. The van der Waals surface area contributed by atoms with Crippen molar-refractivity contribution in [3.05, 3.63) is 23.8 Å². The summed E-state index contributed by atoms with van der Waals surface area (Å²) in [5.41, 5.74) is -2.08. The molecule has 2 saturated heterocycles. The predicted molar refractivity (Wildman–Crippen MR) is 100 cm³/mol. The molecule has 2 heterocycles. The molecule has 0 radical (unpaired) electrons. The lowest BCUT2D eigenvalue weighted by molar-refractivity contribution is -0.324. The molecular weight excluding hydrogens is 436 g/mol. The molecule has 0 aromatic heterocycles. The van der Waals surface area contributed by atoms with Gasteiger partial charge in [0.1, 0.15) is 30.0 Å². The van der Waals surface area contributed by atoms with E-state index >= 15 is 0 Å². The van der Waals surface area contributed by atoms with Crippen LogP contribution in [-0.4, -0.2) is 117 Å². The zero-order valence-corrected chi connectivity index (χ0v) is 17.0. The molecule has 0 saturated carbocycles. The number of phenols is 1. The summed E-state index contributed by atoms with van der Waals surface area (Å²) < 4.78 is 26.1. The van der Waals surface area contributed by atoms with Crippen LogP contribution in [0.3, 0.4) is 0 Å². The SMILES string of the molecule is COc1cc(C(=O)OC2OC(CO)C(O)C(O)C2OC2OCC(O)(CO)C2O)ccc1O. The third-order valence-electron chi connectivity index (χ3n) is 5.33. The van der Waals surface area contributed by atoms with Gasteiger partial charge in [0.15, 0.2) is 23.9 Å². The fourth-order valence-corrected chi connectivity index (χ4v) is 3.34. The maximum absolute atomic E-state index is 12.6. The van der Waals surface area contributed by atoms with Crippen LogP contribution in [0.4, 0.5) is 0 Å². The molecule has 8 atom stereocenters. The number of hydrogen-bond acceptors (Lipinski definition) is 13. The maximum Gasteiger partial charge on any atom is 0.340 e. The van der Waals surface area contributed by atoms with Crippen LogP contribution in [0, 0.1) is 0 Å². The summed E-state index contributed by atoms with van der Waals surface area (Å²) in [6, 6.07) is 3.62. The van der Waals surface area contributed by atoms with Gasteiger partial charge in [0.2, 0.25) is 6.29 Å². The molecule has 13 heteroatoms. The first kappa shape index (κ1) is 24.6. The molecule has 2 aliphatic rings. The highest BCUT2D eigenvalue weighted by Crippen LogP contribution is 2.32. The van der Waals surface area contributed by atoms with Gasteiger partial charge in [-0.05, 0) is 18.2 Å². The number of methoxy groups -OCH3 is 1. The molecule has 8 unspecified atom stereocenters. The first-order valence-corrected chi connectivity index (χ1v) is 9.64. The average Bonchev–Trinajstić information content (AvgIpc) is 3.07. The number of rotatable bonds is 7. The molecule has 0 spiro atoms. The number of aliphatic hydroxyl groups excluding tert-OH is 5. The van der Waals surface area contributed by atoms with Crippen LogP contribution in [0.2, 0.25) is 0 Å². The Morgan fingerprint density at radius 1 is 1.19 bits per heavy atom. The van der Waals surface area contributed by atoms with E-state index in [2.05, 4.69) is 0 Å². The zero-order valence-electron chi connectivity index (χ0n) is 17.0. The summed E-state index contributed by atoms with van der Waals surface area (Å²) in [6.45, 7) is -2.05. The lowest BCUT2D eigenvalue weighted by Crippen LogP contribution is -2.61. The summed E-state index contributed by atoms with van der Waals surface area (Å²) in [6.07, 6.45) is -11.3. The third-order valence-corrected chi connectivity index (χ3v) is 5.33. The second-order valence-corrected chi connectivity index (χ2v) is 7.49. The fraction of sp³-hybridized carbons (Fsp3) is 0.632. The van der Waals surface area contributed by atoms with Crippen molar-refractivity contribution in [3.63, 3.8) is 0 Å². The molecule has 3 rings (SSSR count). The summed E-state index contributed by atoms with van der Waals surface area (Å²) in [7, 11) is 1.28. The van der Waals surface area contributed by atoms with Crippen molar-refractivity contribution in [1.82, 2.24) is 0 Å². The van der Waals surface area contributed by atoms with E-state index in [9.17, 15) is 40.5 Å². The third kappa shape index (κ3) is 4.66. The largest absolute Gasteiger partial charge is 0.504 e. The summed E-state index contributed by atoms with van der Waals surface area (Å²) in [5.74, 6) is -1.21. The van der Waals surface area contributed by atoms with Gasteiger partial charge in [-0.25, -0.2) is 4.79 Å². The van der Waals surface area contributed by atoms with E-state index in [0.717, 1.165) is 0 Å². The highest BCUT2D eigenvalue weighted by atomic mass is 16.8. The van der Waals surface area contributed by atoms with Gasteiger partial charge in [-0.1, -0.05) is 0 Å². The first-order chi connectivity index (χ1) is 15.1. The van der Waals surface area contributed by atoms with Crippen LogP contribution >= 0.6 is 0 Å². The molecule has 0 aliphatic carbocycles. The number of benzene rings is 1. The molecule has 7 N–H and O–H groups in total. The summed E-state index contributed by atoms with van der Waals surface area (Å²) in [4.78, 5) is 12.6. The average molecular weight is 462 g/mol. The van der Waals surface area contributed by atoms with Gasteiger partial charge in [-0.3, -0.25) is 0 Å². The minimum atomic E-state index is -2.02. The highest BCUT2D eigenvalue weighted by molar-refractivity contribution is 5.90. The zero-order chi connectivity index (χ0) is 23.6. The second-order valence-electron chi connectivity index (χ2n) is 7.49. The van der Waals surface area contributed by atoms with Crippen molar-refractivity contribution in [2.75, 3.05) is 26.9 Å². The van der Waals surface area contributed by atoms with Crippen LogP contribution in [-0.2, 0) is 18.9 Å². The van der Waals surface area contributed by atoms with Crippen LogP contribution < -0.4 is 4.74 Å². The van der Waals surface area contributed by atoms with Crippen molar-refractivity contribution in [2.24, 2.45) is 0 Å². The number of carbonyl (C=O) groups excluding carboxylic acids is 1. The number of carbonyl (C=O) groups is 1. The Morgan fingerprint density at radius 3 is 2.50 bits per heavy atom. The van der Waals surface area contributed by atoms with E-state index in [4.69, 9.17) is 23.7 Å². The summed E-state index contributed by atoms with van der Waals surface area (Å²) >= 11 is 0. The molecule has 13 nitrogen and oxygen atoms in total. The monoisotopic (exact) mass is 462 g/mol. The van der Waals surface area contributed by atoms with Gasteiger partial charge in [-0.15, -0.1) is 0 Å². The Hall–Kier alpha value is -2.07. The van der Waals surface area contributed by atoms with E-state index in [1.807, 2.05) is 0 Å². The van der Waals surface area contributed by atoms with E-state index in [1.54, 1.807) is 0 Å². The maximum atomic E-state index is 12.6.